The van der Waals surface area contributed by atoms with Gasteiger partial charge >= 0.3 is 6.18 Å². The third-order valence-electron chi connectivity index (χ3n) is 6.39. The molecule has 0 saturated heterocycles. The fraction of sp³-hybridized carbons (Fsp3) is 0.400. The maximum absolute atomic E-state index is 14.9. The Bertz CT molecular complexity index is 1250. The Balaban J connectivity index is 1.85. The van der Waals surface area contributed by atoms with Gasteiger partial charge < -0.3 is 24.1 Å². The monoisotopic (exact) mass is 506 g/mol. The number of nitrogens with one attached hydrogen (secondary N) is 1. The van der Waals surface area contributed by atoms with Gasteiger partial charge in [-0.3, -0.25) is 14.4 Å². The van der Waals surface area contributed by atoms with Gasteiger partial charge in [-0.05, 0) is 42.2 Å². The summed E-state index contributed by atoms with van der Waals surface area (Å²) >= 11 is 0. The molecule has 2 amide bonds. The van der Waals surface area contributed by atoms with Crippen LogP contribution in [0.2, 0.25) is 0 Å². The molecule has 192 valence electrons. The highest BCUT2D eigenvalue weighted by Crippen LogP contribution is 2.52. The number of nitrogens with zero attached hydrogens (tertiary/aromatic N) is 1. The quantitative estimate of drug-likeness (QED) is 0.636. The minimum Gasteiger partial charge on any atom is -0.493 e. The van der Waals surface area contributed by atoms with Gasteiger partial charge in [0.15, 0.2) is 17.3 Å². The summed E-state index contributed by atoms with van der Waals surface area (Å²) < 4.78 is 60.1. The summed E-state index contributed by atoms with van der Waals surface area (Å²) in [5.41, 5.74) is -5.26. The summed E-state index contributed by atoms with van der Waals surface area (Å²) in [5.74, 6) is -2.91. The van der Waals surface area contributed by atoms with E-state index >= 15 is 0 Å². The number of halogens is 3. The molecule has 1 aliphatic heterocycles. The summed E-state index contributed by atoms with van der Waals surface area (Å²) in [7, 11) is 2.68. The number of rotatable bonds is 6. The lowest BCUT2D eigenvalue weighted by Crippen LogP contribution is -2.66. The number of furan rings is 1. The number of carbonyl (C=O) groups is 3. The predicted molar refractivity (Wildman–Crippen MR) is 120 cm³/mol. The molecule has 1 aromatic heterocycles. The largest absolute Gasteiger partial charge is 0.493 e. The molecule has 2 heterocycles. The summed E-state index contributed by atoms with van der Waals surface area (Å²) in [6, 6.07) is 6.84. The molecule has 36 heavy (non-hydrogen) atoms. The molecular weight excluding hydrogens is 481 g/mol. The van der Waals surface area contributed by atoms with Gasteiger partial charge in [-0.1, -0.05) is 13.8 Å². The number of Topliss-reactive ketones (excluding diaryl/α,β-unsaturated/α-hetero) is 1. The van der Waals surface area contributed by atoms with Gasteiger partial charge in [-0.2, -0.15) is 13.2 Å². The van der Waals surface area contributed by atoms with E-state index < -0.39 is 40.3 Å². The molecule has 0 saturated carbocycles. The highest BCUT2D eigenvalue weighted by Gasteiger charge is 2.71. The van der Waals surface area contributed by atoms with Crippen molar-refractivity contribution in [2.45, 2.75) is 44.9 Å². The highest BCUT2D eigenvalue weighted by atomic mass is 19.4. The van der Waals surface area contributed by atoms with Crippen LogP contribution in [-0.2, 0) is 16.1 Å². The molecule has 4 rings (SSSR count). The van der Waals surface area contributed by atoms with E-state index in [9.17, 15) is 27.6 Å². The molecule has 1 N–H and O–H groups in total. The van der Waals surface area contributed by atoms with Crippen molar-refractivity contribution in [1.82, 2.24) is 10.2 Å². The molecule has 0 unspecified atom stereocenters. The van der Waals surface area contributed by atoms with Gasteiger partial charge in [0.1, 0.15) is 5.76 Å². The van der Waals surface area contributed by atoms with Crippen LogP contribution in [0.25, 0.3) is 0 Å². The zero-order chi connectivity index (χ0) is 26.5. The van der Waals surface area contributed by atoms with Gasteiger partial charge in [-0.15, -0.1) is 0 Å². The summed E-state index contributed by atoms with van der Waals surface area (Å²) in [5, 5.41) is 1.89. The van der Waals surface area contributed by atoms with Crippen molar-refractivity contribution in [3.8, 4) is 11.5 Å². The maximum atomic E-state index is 14.9. The number of hydrogen-bond acceptors (Lipinski definition) is 6. The number of hydrogen-bond donors (Lipinski definition) is 1. The number of allylic oxidation sites excluding steroid dienone is 1. The van der Waals surface area contributed by atoms with Crippen molar-refractivity contribution in [3.05, 3.63) is 59.2 Å². The Morgan fingerprint density at radius 1 is 1.11 bits per heavy atom. The van der Waals surface area contributed by atoms with Crippen LogP contribution in [-0.4, -0.2) is 48.4 Å². The van der Waals surface area contributed by atoms with E-state index in [1.165, 1.54) is 50.8 Å². The van der Waals surface area contributed by atoms with E-state index in [2.05, 4.69) is 0 Å². The van der Waals surface area contributed by atoms with Gasteiger partial charge in [-0.25, -0.2) is 0 Å². The minimum absolute atomic E-state index is 0.0323. The highest BCUT2D eigenvalue weighted by molar-refractivity contribution is 6.14. The molecular formula is C25H25F3N2O6. The summed E-state index contributed by atoms with van der Waals surface area (Å²) in [4.78, 5) is 40.9. The van der Waals surface area contributed by atoms with Crippen LogP contribution in [0.5, 0.6) is 11.5 Å². The Labute approximate surface area is 205 Å². The van der Waals surface area contributed by atoms with E-state index in [0.29, 0.717) is 0 Å². The van der Waals surface area contributed by atoms with Crippen LogP contribution in [0.1, 0.15) is 42.8 Å². The normalized spacial score (nSPS) is 21.5. The van der Waals surface area contributed by atoms with Crippen molar-refractivity contribution in [2.75, 3.05) is 14.2 Å². The Hall–Kier alpha value is -3.76. The first-order valence-corrected chi connectivity index (χ1v) is 11.1. The molecule has 1 aromatic carbocycles. The van der Waals surface area contributed by atoms with Crippen LogP contribution in [0, 0.1) is 5.41 Å². The summed E-state index contributed by atoms with van der Waals surface area (Å²) in [6.07, 6.45) is -4.16. The topological polar surface area (TPSA) is 98.1 Å². The SMILES string of the molecule is COc1ccc(C(=O)N[C@@]2(C(F)(F)F)C(=O)N(Cc3ccco3)C3=C2C(=O)CC(C)(C)C3)cc1OC. The van der Waals surface area contributed by atoms with Gasteiger partial charge in [0.25, 0.3) is 11.8 Å². The van der Waals surface area contributed by atoms with E-state index in [1.807, 2.05) is 5.32 Å². The zero-order valence-electron chi connectivity index (χ0n) is 20.1. The molecule has 2 aliphatic rings. The van der Waals surface area contributed by atoms with Crippen molar-refractivity contribution in [2.24, 2.45) is 5.41 Å². The molecule has 0 radical (unpaired) electrons. The third-order valence-corrected chi connectivity index (χ3v) is 6.39. The van der Waals surface area contributed by atoms with E-state index in [0.717, 1.165) is 4.90 Å². The number of carbonyl (C=O) groups excluding carboxylic acids is 3. The number of amides is 2. The van der Waals surface area contributed by atoms with E-state index in [1.54, 1.807) is 13.8 Å². The molecule has 0 spiro atoms. The van der Waals surface area contributed by atoms with E-state index in [4.69, 9.17) is 13.9 Å². The van der Waals surface area contributed by atoms with Crippen molar-refractivity contribution >= 4 is 17.6 Å². The van der Waals surface area contributed by atoms with Crippen molar-refractivity contribution < 1.29 is 41.4 Å². The molecule has 2 aromatic rings. The molecule has 0 fully saturated rings. The lowest BCUT2D eigenvalue weighted by Gasteiger charge is -2.35. The minimum atomic E-state index is -5.31. The zero-order valence-corrected chi connectivity index (χ0v) is 20.1. The lowest BCUT2D eigenvalue weighted by molar-refractivity contribution is -0.191. The number of ketones is 1. The Morgan fingerprint density at radius 3 is 2.39 bits per heavy atom. The first-order chi connectivity index (χ1) is 16.8. The molecule has 1 atom stereocenters. The van der Waals surface area contributed by atoms with Crippen LogP contribution in [0.3, 0.4) is 0 Å². The third kappa shape index (κ3) is 4.02. The summed E-state index contributed by atoms with van der Waals surface area (Å²) in [6.45, 7) is 3.15. The number of ether oxygens (including phenoxy) is 2. The van der Waals surface area contributed by atoms with Gasteiger partial charge in [0.05, 0.1) is 32.6 Å². The molecule has 11 heteroatoms. The number of benzene rings is 1. The number of alkyl halides is 3. The second-order valence-corrected chi connectivity index (χ2v) is 9.50. The smallest absolute Gasteiger partial charge is 0.425 e. The fourth-order valence-electron chi connectivity index (χ4n) is 4.77. The first kappa shape index (κ1) is 25.3. The Kier molecular flexibility index (Phi) is 6.14. The molecule has 0 bridgehead atoms. The average molecular weight is 506 g/mol. The number of methoxy groups -OCH3 is 2. The van der Waals surface area contributed by atoms with Crippen LogP contribution in [0.15, 0.2) is 52.3 Å². The van der Waals surface area contributed by atoms with E-state index in [-0.39, 0.29) is 47.9 Å². The van der Waals surface area contributed by atoms with Crippen LogP contribution >= 0.6 is 0 Å². The fourth-order valence-corrected chi connectivity index (χ4v) is 4.77. The van der Waals surface area contributed by atoms with Crippen LogP contribution < -0.4 is 14.8 Å². The Morgan fingerprint density at radius 2 is 1.81 bits per heavy atom. The molecule has 8 nitrogen and oxygen atoms in total. The van der Waals surface area contributed by atoms with Crippen molar-refractivity contribution in [3.63, 3.8) is 0 Å². The first-order valence-electron chi connectivity index (χ1n) is 11.1. The van der Waals surface area contributed by atoms with Gasteiger partial charge in [0, 0.05) is 17.7 Å². The van der Waals surface area contributed by atoms with Gasteiger partial charge in [0.2, 0.25) is 5.54 Å². The maximum Gasteiger partial charge on any atom is 0.425 e. The molecule has 1 aliphatic carbocycles. The average Bonchev–Trinajstić information content (AvgIpc) is 3.39. The van der Waals surface area contributed by atoms with Crippen molar-refractivity contribution in [1.29, 1.82) is 0 Å². The second-order valence-electron chi connectivity index (χ2n) is 9.50. The standard InChI is InChI=1S/C25H25F3N2O6/c1-23(2)11-16-20(17(31)12-23)24(25(26,27)28,22(33)30(16)13-15-6-5-9-36-15)29-21(32)14-7-8-18(34-3)19(10-14)35-4/h5-10H,11-13H2,1-4H3,(H,29,32)/t24-/m1/s1. The van der Waals surface area contributed by atoms with Crippen LogP contribution in [0.4, 0.5) is 13.2 Å². The lowest BCUT2D eigenvalue weighted by atomic mass is 9.72. The predicted octanol–water partition coefficient (Wildman–Crippen LogP) is 4.01. The second kappa shape index (κ2) is 8.72.